The number of hydrogen-bond acceptors (Lipinski definition) is 5. The van der Waals surface area contributed by atoms with E-state index >= 15 is 0 Å². The summed E-state index contributed by atoms with van der Waals surface area (Å²) in [7, 11) is 0. The maximum absolute atomic E-state index is 12.7. The molecule has 28 heavy (non-hydrogen) atoms. The highest BCUT2D eigenvalue weighted by molar-refractivity contribution is 7.99. The van der Waals surface area contributed by atoms with Gasteiger partial charge in [0, 0.05) is 28.4 Å². The highest BCUT2D eigenvalue weighted by Crippen LogP contribution is 2.27. The number of Topliss-reactive ketones (excluding diaryl/α,β-unsaturated/α-hetero) is 2. The van der Waals surface area contributed by atoms with Crippen molar-refractivity contribution in [2.75, 3.05) is 5.75 Å². The molecule has 8 heteroatoms. The highest BCUT2D eigenvalue weighted by atomic mass is 35.5. The molecule has 0 unspecified atom stereocenters. The number of carbonyl (C=O) groups excluding carboxylic acids is 2. The number of nitrogens with zero attached hydrogens (tertiary/aromatic N) is 3. The van der Waals surface area contributed by atoms with Crippen LogP contribution in [0.5, 0.6) is 0 Å². The van der Waals surface area contributed by atoms with Crippen LogP contribution in [0.15, 0.2) is 29.4 Å². The number of benzene rings is 1. The number of rotatable bonds is 7. The van der Waals surface area contributed by atoms with E-state index in [4.69, 9.17) is 11.6 Å². The standard InChI is InChI=1S/C20H21ClN4O2S/c1-5-25-19(14-7-6-8-15(21)9-14)23-24-20(25)28-10-16(27)18-11(2)17(13(4)26)12(3)22-18/h6-9,22H,5,10H2,1-4H3. The molecule has 6 nitrogen and oxygen atoms in total. The van der Waals surface area contributed by atoms with Gasteiger partial charge in [0.25, 0.3) is 0 Å². The van der Waals surface area contributed by atoms with E-state index in [0.717, 1.165) is 11.3 Å². The third-order valence-electron chi connectivity index (χ3n) is 4.52. The fourth-order valence-electron chi connectivity index (χ4n) is 3.28. The minimum Gasteiger partial charge on any atom is -0.355 e. The Bertz CT molecular complexity index is 1050. The molecule has 0 amide bonds. The summed E-state index contributed by atoms with van der Waals surface area (Å²) in [5.41, 5.74) is 3.37. The van der Waals surface area contributed by atoms with E-state index in [0.29, 0.717) is 39.4 Å². The number of ketones is 2. The summed E-state index contributed by atoms with van der Waals surface area (Å²) in [6.07, 6.45) is 0. The number of aromatic amines is 1. The van der Waals surface area contributed by atoms with E-state index in [2.05, 4.69) is 15.2 Å². The van der Waals surface area contributed by atoms with Crippen molar-refractivity contribution in [2.24, 2.45) is 0 Å². The monoisotopic (exact) mass is 416 g/mol. The number of hydrogen-bond donors (Lipinski definition) is 1. The largest absolute Gasteiger partial charge is 0.355 e. The molecule has 3 rings (SSSR count). The molecular weight excluding hydrogens is 396 g/mol. The first-order valence-corrected chi connectivity index (χ1v) is 10.2. The van der Waals surface area contributed by atoms with Crippen LogP contribution in [0.1, 0.15) is 46.0 Å². The van der Waals surface area contributed by atoms with Gasteiger partial charge in [0.1, 0.15) is 0 Å². The topological polar surface area (TPSA) is 80.6 Å². The van der Waals surface area contributed by atoms with E-state index in [1.54, 1.807) is 13.8 Å². The average molecular weight is 417 g/mol. The first-order valence-electron chi connectivity index (χ1n) is 8.88. The third kappa shape index (κ3) is 3.91. The maximum atomic E-state index is 12.7. The van der Waals surface area contributed by atoms with Gasteiger partial charge in [0.2, 0.25) is 0 Å². The molecule has 0 aliphatic heterocycles. The second-order valence-electron chi connectivity index (χ2n) is 6.45. The molecule has 0 aliphatic rings. The van der Waals surface area contributed by atoms with Gasteiger partial charge < -0.3 is 9.55 Å². The van der Waals surface area contributed by atoms with E-state index in [9.17, 15) is 9.59 Å². The zero-order chi connectivity index (χ0) is 20.4. The molecule has 0 bridgehead atoms. The number of carbonyl (C=O) groups is 2. The number of thioether (sulfide) groups is 1. The number of aryl methyl sites for hydroxylation is 1. The zero-order valence-electron chi connectivity index (χ0n) is 16.2. The van der Waals surface area contributed by atoms with Gasteiger partial charge in [-0.05, 0) is 45.4 Å². The lowest BCUT2D eigenvalue weighted by Crippen LogP contribution is -2.07. The van der Waals surface area contributed by atoms with E-state index in [1.807, 2.05) is 35.8 Å². The Labute approximate surface area is 172 Å². The molecule has 146 valence electrons. The van der Waals surface area contributed by atoms with Gasteiger partial charge in [0.05, 0.1) is 11.4 Å². The van der Waals surface area contributed by atoms with Crippen LogP contribution in [0.2, 0.25) is 5.02 Å². The fraction of sp³-hybridized carbons (Fsp3) is 0.300. The van der Waals surface area contributed by atoms with E-state index in [-0.39, 0.29) is 17.3 Å². The summed E-state index contributed by atoms with van der Waals surface area (Å²) in [5, 5.41) is 9.82. The lowest BCUT2D eigenvalue weighted by atomic mass is 10.1. The van der Waals surface area contributed by atoms with Gasteiger partial charge in [-0.2, -0.15) is 0 Å². The lowest BCUT2D eigenvalue weighted by molar-refractivity contribution is 0.101. The predicted octanol–water partition coefficient (Wildman–Crippen LogP) is 4.74. The third-order valence-corrected chi connectivity index (χ3v) is 5.72. The fourth-order valence-corrected chi connectivity index (χ4v) is 4.35. The van der Waals surface area contributed by atoms with Crippen molar-refractivity contribution >= 4 is 34.9 Å². The van der Waals surface area contributed by atoms with Gasteiger partial charge in [-0.15, -0.1) is 10.2 Å². The van der Waals surface area contributed by atoms with Gasteiger partial charge in [0.15, 0.2) is 22.5 Å². The van der Waals surface area contributed by atoms with Crippen molar-refractivity contribution in [1.82, 2.24) is 19.7 Å². The van der Waals surface area contributed by atoms with Gasteiger partial charge >= 0.3 is 0 Å². The van der Waals surface area contributed by atoms with Crippen LogP contribution in [0.3, 0.4) is 0 Å². The van der Waals surface area contributed by atoms with Crippen molar-refractivity contribution in [2.45, 2.75) is 39.4 Å². The van der Waals surface area contributed by atoms with Crippen LogP contribution in [-0.4, -0.2) is 37.1 Å². The molecule has 0 spiro atoms. The number of nitrogens with one attached hydrogen (secondary N) is 1. The molecule has 2 aromatic heterocycles. The Morgan fingerprint density at radius 1 is 1.25 bits per heavy atom. The number of H-pyrrole nitrogens is 1. The molecule has 0 aliphatic carbocycles. The second kappa shape index (κ2) is 8.32. The summed E-state index contributed by atoms with van der Waals surface area (Å²) in [6.45, 7) is 7.78. The Kier molecular flexibility index (Phi) is 6.05. The molecule has 0 saturated carbocycles. The summed E-state index contributed by atoms with van der Waals surface area (Å²) in [4.78, 5) is 27.5. The molecule has 1 N–H and O–H groups in total. The van der Waals surface area contributed by atoms with E-state index in [1.165, 1.54) is 18.7 Å². The van der Waals surface area contributed by atoms with Crippen LogP contribution in [-0.2, 0) is 6.54 Å². The van der Waals surface area contributed by atoms with Crippen molar-refractivity contribution < 1.29 is 9.59 Å². The quantitative estimate of drug-likeness (QED) is 0.444. The van der Waals surface area contributed by atoms with Crippen LogP contribution in [0.25, 0.3) is 11.4 Å². The predicted molar refractivity (Wildman–Crippen MR) is 111 cm³/mol. The summed E-state index contributed by atoms with van der Waals surface area (Å²) >= 11 is 7.41. The first-order chi connectivity index (χ1) is 13.3. The normalized spacial score (nSPS) is 11.0. The molecule has 1 aromatic carbocycles. The van der Waals surface area contributed by atoms with Crippen LogP contribution in [0, 0.1) is 13.8 Å². The van der Waals surface area contributed by atoms with Crippen molar-refractivity contribution in [3.05, 3.63) is 51.8 Å². The Hall–Kier alpha value is -2.38. The molecule has 2 heterocycles. The van der Waals surface area contributed by atoms with Crippen molar-refractivity contribution in [3.63, 3.8) is 0 Å². The average Bonchev–Trinajstić information content (AvgIpc) is 3.19. The summed E-state index contributed by atoms with van der Waals surface area (Å²) < 4.78 is 1.96. The second-order valence-corrected chi connectivity index (χ2v) is 7.83. The van der Waals surface area contributed by atoms with Crippen LogP contribution in [0.4, 0.5) is 0 Å². The molecule has 0 atom stereocenters. The van der Waals surface area contributed by atoms with Gasteiger partial charge in [-0.1, -0.05) is 35.5 Å². The lowest BCUT2D eigenvalue weighted by Gasteiger charge is -2.07. The van der Waals surface area contributed by atoms with Gasteiger partial charge in [-0.25, -0.2) is 0 Å². The Morgan fingerprint density at radius 3 is 2.61 bits per heavy atom. The number of aromatic nitrogens is 4. The molecular formula is C20H21ClN4O2S. The van der Waals surface area contributed by atoms with Crippen molar-refractivity contribution in [1.29, 1.82) is 0 Å². The Balaban J connectivity index is 1.81. The molecule has 0 fully saturated rings. The molecule has 0 saturated heterocycles. The Morgan fingerprint density at radius 2 is 2.00 bits per heavy atom. The molecule has 3 aromatic rings. The van der Waals surface area contributed by atoms with Crippen molar-refractivity contribution in [3.8, 4) is 11.4 Å². The van der Waals surface area contributed by atoms with Crippen LogP contribution < -0.4 is 0 Å². The summed E-state index contributed by atoms with van der Waals surface area (Å²) in [5.74, 6) is 0.792. The summed E-state index contributed by atoms with van der Waals surface area (Å²) in [6, 6.07) is 7.44. The van der Waals surface area contributed by atoms with Gasteiger partial charge in [-0.3, -0.25) is 9.59 Å². The minimum absolute atomic E-state index is 0.0464. The minimum atomic E-state index is -0.0759. The number of halogens is 1. The first kappa shape index (κ1) is 20.4. The zero-order valence-corrected chi connectivity index (χ0v) is 17.7. The maximum Gasteiger partial charge on any atom is 0.191 e. The van der Waals surface area contributed by atoms with Crippen LogP contribution >= 0.6 is 23.4 Å². The highest BCUT2D eigenvalue weighted by Gasteiger charge is 2.21. The van der Waals surface area contributed by atoms with E-state index < -0.39 is 0 Å². The smallest absolute Gasteiger partial charge is 0.191 e. The molecule has 0 radical (unpaired) electrons. The SMILES string of the molecule is CCn1c(SCC(=O)c2[nH]c(C)c(C(C)=O)c2C)nnc1-c1cccc(Cl)c1.